The molecule has 110 valence electrons. The molecule has 1 amide bonds. The second-order valence-corrected chi connectivity index (χ2v) is 5.94. The molecule has 3 N–H and O–H groups in total. The number of nitrogens with two attached hydrogens (primary N) is 1. The third-order valence-corrected chi connectivity index (χ3v) is 4.28. The van der Waals surface area contributed by atoms with Crippen LogP contribution in [-0.2, 0) is 11.2 Å². The number of carbonyl (C=O) groups excluding carboxylic acids is 1. The Balaban J connectivity index is 1.80. The van der Waals surface area contributed by atoms with Crippen molar-refractivity contribution in [3.63, 3.8) is 0 Å². The lowest BCUT2D eigenvalue weighted by Crippen LogP contribution is -2.44. The van der Waals surface area contributed by atoms with E-state index in [2.05, 4.69) is 30.4 Å². The zero-order valence-electron chi connectivity index (χ0n) is 12.4. The fraction of sp³-hybridized carbons (Fsp3) is 0.588. The molecule has 2 atom stereocenters. The molecule has 0 radical (unpaired) electrons. The number of aryl methyl sites for hydroxylation is 2. The normalized spacial score (nSPS) is 22.5. The van der Waals surface area contributed by atoms with Gasteiger partial charge >= 0.3 is 0 Å². The number of nitrogens with one attached hydrogen (secondary N) is 1. The van der Waals surface area contributed by atoms with Crippen LogP contribution in [0.4, 0.5) is 0 Å². The van der Waals surface area contributed by atoms with Crippen molar-refractivity contribution in [2.24, 2.45) is 11.7 Å². The average molecular weight is 274 g/mol. The molecule has 1 saturated carbocycles. The number of hydrogen-bond acceptors (Lipinski definition) is 2. The van der Waals surface area contributed by atoms with Crippen LogP contribution in [0, 0.1) is 12.8 Å². The van der Waals surface area contributed by atoms with Gasteiger partial charge in [0.2, 0.25) is 5.91 Å². The van der Waals surface area contributed by atoms with Crippen molar-refractivity contribution >= 4 is 5.91 Å². The summed E-state index contributed by atoms with van der Waals surface area (Å²) in [5.74, 6) is 0.628. The molecule has 2 unspecified atom stereocenters. The van der Waals surface area contributed by atoms with E-state index in [4.69, 9.17) is 5.73 Å². The van der Waals surface area contributed by atoms with Crippen molar-refractivity contribution in [1.82, 2.24) is 5.32 Å². The highest BCUT2D eigenvalue weighted by Crippen LogP contribution is 2.23. The molecule has 1 aliphatic rings. The average Bonchev–Trinajstić information content (AvgIpc) is 2.46. The zero-order chi connectivity index (χ0) is 14.4. The molecule has 0 heterocycles. The molecule has 2 rings (SSSR count). The van der Waals surface area contributed by atoms with E-state index in [9.17, 15) is 4.79 Å². The fourth-order valence-electron chi connectivity index (χ4n) is 3.08. The first-order valence-electron chi connectivity index (χ1n) is 7.74. The highest BCUT2D eigenvalue weighted by Gasteiger charge is 2.24. The zero-order valence-corrected chi connectivity index (χ0v) is 12.4. The first-order chi connectivity index (χ1) is 9.69. The number of rotatable bonds is 5. The SMILES string of the molecule is Cc1cccc(CCC(=O)NC2CCCCC2CN)c1. The number of carbonyl (C=O) groups is 1. The van der Waals surface area contributed by atoms with Gasteiger partial charge in [-0.3, -0.25) is 4.79 Å². The van der Waals surface area contributed by atoms with Crippen LogP contribution in [0.15, 0.2) is 24.3 Å². The van der Waals surface area contributed by atoms with Crippen LogP contribution in [0.5, 0.6) is 0 Å². The highest BCUT2D eigenvalue weighted by molar-refractivity contribution is 5.76. The third kappa shape index (κ3) is 4.34. The van der Waals surface area contributed by atoms with Gasteiger partial charge in [-0.05, 0) is 44.2 Å². The Bertz CT molecular complexity index is 444. The predicted molar refractivity (Wildman–Crippen MR) is 82.4 cm³/mol. The third-order valence-electron chi connectivity index (χ3n) is 4.28. The van der Waals surface area contributed by atoms with Crippen LogP contribution < -0.4 is 11.1 Å². The quantitative estimate of drug-likeness (QED) is 0.867. The van der Waals surface area contributed by atoms with Crippen LogP contribution in [-0.4, -0.2) is 18.5 Å². The molecule has 0 aliphatic heterocycles. The molecule has 0 spiro atoms. The molecule has 0 bridgehead atoms. The van der Waals surface area contributed by atoms with E-state index in [0.29, 0.717) is 24.9 Å². The summed E-state index contributed by atoms with van der Waals surface area (Å²) in [6.07, 6.45) is 6.07. The molecule has 0 aromatic heterocycles. The Morgan fingerprint density at radius 1 is 1.35 bits per heavy atom. The molecule has 1 aromatic carbocycles. The van der Waals surface area contributed by atoms with Crippen LogP contribution in [0.1, 0.15) is 43.2 Å². The summed E-state index contributed by atoms with van der Waals surface area (Å²) in [4.78, 5) is 12.1. The Hall–Kier alpha value is -1.35. The summed E-state index contributed by atoms with van der Waals surface area (Å²) >= 11 is 0. The molecule has 1 fully saturated rings. The monoisotopic (exact) mass is 274 g/mol. The Kier molecular flexibility index (Phi) is 5.60. The molecule has 3 nitrogen and oxygen atoms in total. The summed E-state index contributed by atoms with van der Waals surface area (Å²) < 4.78 is 0. The van der Waals surface area contributed by atoms with Crippen LogP contribution >= 0.6 is 0 Å². The first kappa shape index (κ1) is 15.0. The minimum atomic E-state index is 0.164. The van der Waals surface area contributed by atoms with E-state index in [1.807, 2.05) is 6.07 Å². The minimum absolute atomic E-state index is 0.164. The van der Waals surface area contributed by atoms with Gasteiger partial charge in [-0.15, -0.1) is 0 Å². The molecule has 3 heteroatoms. The van der Waals surface area contributed by atoms with Gasteiger partial charge in [-0.2, -0.15) is 0 Å². The smallest absolute Gasteiger partial charge is 0.220 e. The molecular weight excluding hydrogens is 248 g/mol. The maximum atomic E-state index is 12.1. The molecule has 20 heavy (non-hydrogen) atoms. The van der Waals surface area contributed by atoms with Crippen LogP contribution in [0.25, 0.3) is 0 Å². The number of hydrogen-bond donors (Lipinski definition) is 2. The van der Waals surface area contributed by atoms with Crippen LogP contribution in [0.3, 0.4) is 0 Å². The Morgan fingerprint density at radius 2 is 2.15 bits per heavy atom. The summed E-state index contributed by atoms with van der Waals surface area (Å²) in [7, 11) is 0. The molecular formula is C17H26N2O. The molecule has 0 saturated heterocycles. The van der Waals surface area contributed by atoms with Gasteiger partial charge in [0, 0.05) is 12.5 Å². The van der Waals surface area contributed by atoms with Gasteiger partial charge in [-0.25, -0.2) is 0 Å². The molecule has 1 aliphatic carbocycles. The Labute approximate surface area is 121 Å². The van der Waals surface area contributed by atoms with Crippen molar-refractivity contribution in [1.29, 1.82) is 0 Å². The first-order valence-corrected chi connectivity index (χ1v) is 7.74. The van der Waals surface area contributed by atoms with Gasteiger partial charge in [0.05, 0.1) is 0 Å². The van der Waals surface area contributed by atoms with Crippen molar-refractivity contribution in [3.05, 3.63) is 35.4 Å². The van der Waals surface area contributed by atoms with E-state index >= 15 is 0 Å². The lowest BCUT2D eigenvalue weighted by atomic mass is 9.84. The number of amides is 1. The van der Waals surface area contributed by atoms with E-state index in [1.54, 1.807) is 0 Å². The van der Waals surface area contributed by atoms with E-state index in [1.165, 1.54) is 24.0 Å². The standard InChI is InChI=1S/C17H26N2O/c1-13-5-4-6-14(11-13)9-10-17(20)19-16-8-3-2-7-15(16)12-18/h4-6,11,15-16H,2-3,7-10,12,18H2,1H3,(H,19,20). The van der Waals surface area contributed by atoms with Gasteiger partial charge in [0.15, 0.2) is 0 Å². The summed E-state index contributed by atoms with van der Waals surface area (Å²) in [5, 5.41) is 3.19. The van der Waals surface area contributed by atoms with Crippen molar-refractivity contribution in [3.8, 4) is 0 Å². The van der Waals surface area contributed by atoms with Crippen molar-refractivity contribution < 1.29 is 4.79 Å². The maximum absolute atomic E-state index is 12.1. The summed E-state index contributed by atoms with van der Waals surface area (Å²) in [6.45, 7) is 2.76. The molecule has 1 aromatic rings. The van der Waals surface area contributed by atoms with E-state index in [0.717, 1.165) is 19.3 Å². The number of benzene rings is 1. The topological polar surface area (TPSA) is 55.1 Å². The summed E-state index contributed by atoms with van der Waals surface area (Å²) in [5.41, 5.74) is 8.28. The van der Waals surface area contributed by atoms with E-state index in [-0.39, 0.29) is 5.91 Å². The Morgan fingerprint density at radius 3 is 2.90 bits per heavy atom. The maximum Gasteiger partial charge on any atom is 0.220 e. The highest BCUT2D eigenvalue weighted by atomic mass is 16.1. The largest absolute Gasteiger partial charge is 0.353 e. The second-order valence-electron chi connectivity index (χ2n) is 5.94. The van der Waals surface area contributed by atoms with Gasteiger partial charge in [-0.1, -0.05) is 42.7 Å². The van der Waals surface area contributed by atoms with E-state index < -0.39 is 0 Å². The predicted octanol–water partition coefficient (Wildman–Crippen LogP) is 2.56. The fourth-order valence-corrected chi connectivity index (χ4v) is 3.08. The van der Waals surface area contributed by atoms with Crippen LogP contribution in [0.2, 0.25) is 0 Å². The van der Waals surface area contributed by atoms with Gasteiger partial charge in [0.25, 0.3) is 0 Å². The second kappa shape index (κ2) is 7.44. The van der Waals surface area contributed by atoms with Gasteiger partial charge in [0.1, 0.15) is 0 Å². The lowest BCUT2D eigenvalue weighted by molar-refractivity contribution is -0.122. The summed E-state index contributed by atoms with van der Waals surface area (Å²) in [6, 6.07) is 8.66. The lowest BCUT2D eigenvalue weighted by Gasteiger charge is -2.31. The van der Waals surface area contributed by atoms with Crippen molar-refractivity contribution in [2.45, 2.75) is 51.5 Å². The minimum Gasteiger partial charge on any atom is -0.353 e. The van der Waals surface area contributed by atoms with Crippen molar-refractivity contribution in [2.75, 3.05) is 6.54 Å². The van der Waals surface area contributed by atoms with Gasteiger partial charge < -0.3 is 11.1 Å².